The molecule has 2 saturated carbocycles. The van der Waals surface area contributed by atoms with Crippen molar-refractivity contribution in [2.75, 3.05) is 0 Å². The maximum atomic E-state index is 12.1. The Balaban J connectivity index is 2.15. The van der Waals surface area contributed by atoms with Crippen molar-refractivity contribution in [2.24, 2.45) is 0 Å². The number of rotatable bonds is 4. The first kappa shape index (κ1) is 23.0. The molecule has 0 aromatic heterocycles. The molecular weight excluding hydrogens is 399 g/mol. The second-order valence-electron chi connectivity index (χ2n) is 6.51. The van der Waals surface area contributed by atoms with Crippen LogP contribution in [0.5, 0.6) is 0 Å². The quantitative estimate of drug-likeness (QED) is 0.188. The van der Waals surface area contributed by atoms with Crippen LogP contribution in [0.3, 0.4) is 0 Å². The highest BCUT2D eigenvalue weighted by Crippen LogP contribution is 2.49. The number of hydrogen-bond acceptors (Lipinski definition) is 13. The molecule has 160 valence electrons. The molecule has 27 heavy (non-hydrogen) atoms. The molecule has 0 radical (unpaired) electrons. The molecule has 13 atom stereocenters. The lowest BCUT2D eigenvalue weighted by atomic mass is 9.85. The number of hydrogen-bond donors (Lipinski definition) is 11. The third kappa shape index (κ3) is 4.34. The minimum absolute atomic E-state index is 1.98. The molecule has 14 nitrogen and oxygen atoms in total. The van der Waals surface area contributed by atoms with Crippen LogP contribution in [0, 0.1) is 0 Å². The molecule has 0 amide bonds. The minimum atomic E-state index is -5.37. The Morgan fingerprint density at radius 2 is 0.630 bits per heavy atom. The molecule has 0 heterocycles. The first-order valence-electron chi connectivity index (χ1n) is 7.80. The Labute approximate surface area is 151 Å². The Kier molecular flexibility index (Phi) is 7.00. The van der Waals surface area contributed by atoms with Crippen LogP contribution in [0.2, 0.25) is 0 Å². The van der Waals surface area contributed by atoms with Gasteiger partial charge < -0.3 is 56.0 Å². The van der Waals surface area contributed by atoms with Crippen molar-refractivity contribution in [3.8, 4) is 0 Å². The van der Waals surface area contributed by atoms with Crippen LogP contribution < -0.4 is 0 Å². The van der Waals surface area contributed by atoms with Gasteiger partial charge in [-0.25, -0.2) is 4.57 Å². The van der Waals surface area contributed by atoms with Gasteiger partial charge in [-0.05, 0) is 0 Å². The average Bonchev–Trinajstić information content (AvgIpc) is 2.62. The van der Waals surface area contributed by atoms with E-state index >= 15 is 0 Å². The van der Waals surface area contributed by atoms with Crippen molar-refractivity contribution in [1.82, 2.24) is 0 Å². The summed E-state index contributed by atoms with van der Waals surface area (Å²) in [5, 5.41) is 96.3. The van der Waals surface area contributed by atoms with Gasteiger partial charge in [0.2, 0.25) is 0 Å². The Morgan fingerprint density at radius 3 is 0.852 bits per heavy atom. The summed E-state index contributed by atoms with van der Waals surface area (Å²) in [7, 11) is -5.37. The Hall–Kier alpha value is -0.290. The summed E-state index contributed by atoms with van der Waals surface area (Å²) in [6, 6.07) is 0. The van der Waals surface area contributed by atoms with Crippen LogP contribution in [0.25, 0.3) is 0 Å². The molecule has 0 bridgehead atoms. The van der Waals surface area contributed by atoms with Gasteiger partial charge in [-0.2, -0.15) is 0 Å². The molecule has 2 rings (SSSR count). The van der Waals surface area contributed by atoms with Gasteiger partial charge in [0.25, 0.3) is 0 Å². The number of phosphoric ester groups is 1. The fourth-order valence-corrected chi connectivity index (χ4v) is 4.14. The van der Waals surface area contributed by atoms with Gasteiger partial charge in [-0.15, -0.1) is 0 Å². The van der Waals surface area contributed by atoms with Gasteiger partial charge in [-0.3, -0.25) is 9.05 Å². The van der Waals surface area contributed by atoms with E-state index < -0.39 is 81.1 Å². The summed E-state index contributed by atoms with van der Waals surface area (Å²) in [5.41, 5.74) is 0. The van der Waals surface area contributed by atoms with Crippen LogP contribution in [-0.4, -0.2) is 129 Å². The molecular formula is C12H23O14P. The highest BCUT2D eigenvalue weighted by atomic mass is 31.2. The molecule has 2 aliphatic rings. The molecule has 0 spiro atoms. The molecule has 2 aliphatic carbocycles. The Morgan fingerprint density at radius 1 is 0.444 bits per heavy atom. The van der Waals surface area contributed by atoms with Crippen molar-refractivity contribution in [3.63, 3.8) is 0 Å². The van der Waals surface area contributed by atoms with Crippen molar-refractivity contribution in [1.29, 1.82) is 0 Å². The molecule has 7 unspecified atom stereocenters. The van der Waals surface area contributed by atoms with E-state index in [1.807, 2.05) is 0 Å². The first-order valence-corrected chi connectivity index (χ1v) is 9.30. The van der Waals surface area contributed by atoms with Gasteiger partial charge in [0.1, 0.15) is 73.2 Å². The van der Waals surface area contributed by atoms with E-state index in [2.05, 4.69) is 9.05 Å². The van der Waals surface area contributed by atoms with Gasteiger partial charge in [0.05, 0.1) is 0 Å². The lowest BCUT2D eigenvalue weighted by Gasteiger charge is -2.43. The normalized spacial score (nSPS) is 53.7. The van der Waals surface area contributed by atoms with Crippen molar-refractivity contribution < 1.29 is 69.6 Å². The van der Waals surface area contributed by atoms with Crippen molar-refractivity contribution in [3.05, 3.63) is 0 Å². The van der Waals surface area contributed by atoms with E-state index in [-0.39, 0.29) is 0 Å². The third-order valence-corrected chi connectivity index (χ3v) is 5.68. The maximum Gasteiger partial charge on any atom is 0.473 e. The summed E-state index contributed by atoms with van der Waals surface area (Å²) in [5.74, 6) is 0. The zero-order valence-corrected chi connectivity index (χ0v) is 14.4. The van der Waals surface area contributed by atoms with Gasteiger partial charge >= 0.3 is 7.82 Å². The fraction of sp³-hybridized carbons (Fsp3) is 1.00. The SMILES string of the molecule is O=P(O)(O[C@@H]1C(O)C(O)[C@@H](O)[C@@H](O)C1O)O[C@H]1C(O)C(O)[C@H](O)C(O)[C@H]1O. The van der Waals surface area contributed by atoms with E-state index in [4.69, 9.17) is 0 Å². The monoisotopic (exact) mass is 422 g/mol. The zero-order chi connectivity index (χ0) is 20.8. The van der Waals surface area contributed by atoms with Crippen molar-refractivity contribution in [2.45, 2.75) is 73.2 Å². The third-order valence-electron chi connectivity index (χ3n) is 4.66. The van der Waals surface area contributed by atoms with Crippen LogP contribution >= 0.6 is 7.82 Å². The Bertz CT molecular complexity index is 486. The second-order valence-corrected chi connectivity index (χ2v) is 7.87. The van der Waals surface area contributed by atoms with Crippen LogP contribution in [0.1, 0.15) is 0 Å². The lowest BCUT2D eigenvalue weighted by Crippen LogP contribution is -2.65. The van der Waals surface area contributed by atoms with Gasteiger partial charge in [-0.1, -0.05) is 0 Å². The van der Waals surface area contributed by atoms with E-state index in [1.54, 1.807) is 0 Å². The zero-order valence-electron chi connectivity index (χ0n) is 13.5. The largest absolute Gasteiger partial charge is 0.473 e. The van der Waals surface area contributed by atoms with Gasteiger partial charge in [0, 0.05) is 0 Å². The molecule has 2 fully saturated rings. The van der Waals surface area contributed by atoms with Crippen LogP contribution in [0.15, 0.2) is 0 Å². The number of aliphatic hydroxyl groups excluding tert-OH is 10. The average molecular weight is 422 g/mol. The molecule has 15 heteroatoms. The number of aliphatic hydroxyl groups is 10. The molecule has 0 aromatic carbocycles. The smallest absolute Gasteiger partial charge is 0.387 e. The number of phosphoric acid groups is 1. The van der Waals surface area contributed by atoms with E-state index in [0.29, 0.717) is 0 Å². The predicted molar refractivity (Wildman–Crippen MR) is 79.6 cm³/mol. The minimum Gasteiger partial charge on any atom is -0.387 e. The summed E-state index contributed by atoms with van der Waals surface area (Å²) in [6.07, 6.45) is -25.0. The van der Waals surface area contributed by atoms with E-state index in [1.165, 1.54) is 0 Å². The summed E-state index contributed by atoms with van der Waals surface area (Å²) < 4.78 is 21.1. The summed E-state index contributed by atoms with van der Waals surface area (Å²) in [4.78, 5) is 9.78. The molecule has 0 aromatic rings. The topological polar surface area (TPSA) is 258 Å². The molecule has 11 N–H and O–H groups in total. The maximum absolute atomic E-state index is 12.1. The van der Waals surface area contributed by atoms with Gasteiger partial charge in [0.15, 0.2) is 0 Å². The molecule has 0 aliphatic heterocycles. The van der Waals surface area contributed by atoms with E-state index in [0.717, 1.165) is 0 Å². The first-order chi connectivity index (χ1) is 12.3. The van der Waals surface area contributed by atoms with Crippen molar-refractivity contribution >= 4 is 7.82 Å². The highest BCUT2D eigenvalue weighted by molar-refractivity contribution is 7.47. The summed E-state index contributed by atoms with van der Waals surface area (Å²) >= 11 is 0. The van der Waals surface area contributed by atoms with Crippen LogP contribution in [-0.2, 0) is 13.6 Å². The van der Waals surface area contributed by atoms with Crippen LogP contribution in [0.4, 0.5) is 0 Å². The predicted octanol–water partition coefficient (Wildman–Crippen LogP) is -6.51. The standard InChI is InChI=1S/C12H23O14P/c13-1-3(15)7(19)11(8(20)4(1)16)25-27(23,24)26-12-9(21)5(17)2(14)6(18)10(12)22/h1-22H,(H,23,24)/t1-,2-,3+,4?,5?,6?,7?,8?,9?,10+,11-,12-/m0/s1. The fourth-order valence-electron chi connectivity index (χ4n) is 2.98. The highest BCUT2D eigenvalue weighted by Gasteiger charge is 2.54. The van der Waals surface area contributed by atoms with E-state index in [9.17, 15) is 60.5 Å². The lowest BCUT2D eigenvalue weighted by molar-refractivity contribution is -0.231. The summed E-state index contributed by atoms with van der Waals surface area (Å²) in [6.45, 7) is 0. The second kappa shape index (κ2) is 8.22. The molecule has 0 saturated heterocycles.